The largest absolute Gasteiger partial charge is 0.379 e. The maximum atomic E-state index is 8.69. The summed E-state index contributed by atoms with van der Waals surface area (Å²) in [6.07, 6.45) is 1.02. The topological polar surface area (TPSA) is 42.2 Å². The van der Waals surface area contributed by atoms with E-state index in [0.29, 0.717) is 30.4 Å². The van der Waals surface area contributed by atoms with Crippen LogP contribution in [-0.2, 0) is 16.1 Å². The van der Waals surface area contributed by atoms with E-state index < -0.39 is 0 Å². The third-order valence-electron chi connectivity index (χ3n) is 2.16. The van der Waals surface area contributed by atoms with Crippen molar-refractivity contribution < 1.29 is 9.47 Å². The predicted molar refractivity (Wildman–Crippen MR) is 66.9 cm³/mol. The van der Waals surface area contributed by atoms with Gasteiger partial charge in [0.25, 0.3) is 0 Å². The summed E-state index contributed by atoms with van der Waals surface area (Å²) in [5, 5.41) is 9.26. The fourth-order valence-corrected chi connectivity index (χ4v) is 1.52. The Kier molecular flexibility index (Phi) is 6.64. The van der Waals surface area contributed by atoms with E-state index in [4.69, 9.17) is 26.3 Å². The molecule has 0 aliphatic heterocycles. The number of rotatable bonds is 7. The number of hydrogen-bond donors (Lipinski definition) is 0. The fourth-order valence-electron chi connectivity index (χ4n) is 1.28. The van der Waals surface area contributed by atoms with Gasteiger partial charge < -0.3 is 9.47 Å². The lowest BCUT2D eigenvalue weighted by Gasteiger charge is -2.06. The van der Waals surface area contributed by atoms with Crippen LogP contribution in [0, 0.1) is 11.3 Å². The molecule has 0 radical (unpaired) electrons. The molecule has 0 aliphatic carbocycles. The third-order valence-corrected chi connectivity index (χ3v) is 2.51. The first-order valence-corrected chi connectivity index (χ1v) is 5.99. The second-order valence-electron chi connectivity index (χ2n) is 3.58. The van der Waals surface area contributed by atoms with Crippen LogP contribution >= 0.6 is 11.6 Å². The maximum Gasteiger partial charge on any atom is 0.0992 e. The van der Waals surface area contributed by atoms with Crippen LogP contribution in [0.2, 0.25) is 5.02 Å². The van der Waals surface area contributed by atoms with Crippen LogP contribution in [0.5, 0.6) is 0 Å². The number of ether oxygens (including phenoxy) is 2. The molecule has 0 saturated carbocycles. The first-order valence-electron chi connectivity index (χ1n) is 5.62. The average molecular weight is 254 g/mol. The van der Waals surface area contributed by atoms with Crippen molar-refractivity contribution in [3.63, 3.8) is 0 Å². The first kappa shape index (κ1) is 14.0. The summed E-state index contributed by atoms with van der Waals surface area (Å²) < 4.78 is 10.7. The highest BCUT2D eigenvalue weighted by molar-refractivity contribution is 6.31. The normalized spacial score (nSPS) is 10.2. The Morgan fingerprint density at radius 2 is 2.00 bits per heavy atom. The zero-order chi connectivity index (χ0) is 12.5. The van der Waals surface area contributed by atoms with Crippen molar-refractivity contribution in [3.8, 4) is 6.07 Å². The molecule has 0 atom stereocenters. The Labute approximate surface area is 107 Å². The lowest BCUT2D eigenvalue weighted by atomic mass is 10.1. The maximum absolute atomic E-state index is 8.69. The van der Waals surface area contributed by atoms with E-state index in [1.54, 1.807) is 12.1 Å². The average Bonchev–Trinajstić information content (AvgIpc) is 2.35. The quantitative estimate of drug-likeness (QED) is 0.701. The molecule has 0 aromatic heterocycles. The molecule has 0 unspecified atom stereocenters. The number of nitriles is 1. The smallest absolute Gasteiger partial charge is 0.0992 e. The second-order valence-corrected chi connectivity index (χ2v) is 3.99. The van der Waals surface area contributed by atoms with E-state index in [-0.39, 0.29) is 0 Å². The number of nitrogens with zero attached hydrogens (tertiary/aromatic N) is 1. The highest BCUT2D eigenvalue weighted by Gasteiger charge is 2.01. The first-order chi connectivity index (χ1) is 8.27. The van der Waals surface area contributed by atoms with Crippen molar-refractivity contribution in [1.82, 2.24) is 0 Å². The molecule has 0 saturated heterocycles. The summed E-state index contributed by atoms with van der Waals surface area (Å²) in [7, 11) is 0. The summed E-state index contributed by atoms with van der Waals surface area (Å²) >= 11 is 6.01. The zero-order valence-corrected chi connectivity index (χ0v) is 10.7. The third kappa shape index (κ3) is 5.18. The van der Waals surface area contributed by atoms with Gasteiger partial charge in [-0.2, -0.15) is 5.26 Å². The van der Waals surface area contributed by atoms with Crippen molar-refractivity contribution >= 4 is 11.6 Å². The van der Waals surface area contributed by atoms with Gasteiger partial charge >= 0.3 is 0 Å². The Hall–Kier alpha value is -1.08. The summed E-state index contributed by atoms with van der Waals surface area (Å²) in [6, 6.07) is 7.23. The fraction of sp³-hybridized carbons (Fsp3) is 0.462. The van der Waals surface area contributed by atoms with Gasteiger partial charge in [0.2, 0.25) is 0 Å². The van der Waals surface area contributed by atoms with Gasteiger partial charge in [-0.3, -0.25) is 0 Å². The van der Waals surface area contributed by atoms with E-state index >= 15 is 0 Å². The molecule has 1 aromatic rings. The van der Waals surface area contributed by atoms with E-state index in [0.717, 1.165) is 18.6 Å². The highest BCUT2D eigenvalue weighted by Crippen LogP contribution is 2.18. The Morgan fingerprint density at radius 1 is 1.24 bits per heavy atom. The SMILES string of the molecule is CCCOCCOCc1ccc(C#N)cc1Cl. The molecule has 92 valence electrons. The molecule has 0 fully saturated rings. The van der Waals surface area contributed by atoms with Gasteiger partial charge in [-0.1, -0.05) is 24.6 Å². The van der Waals surface area contributed by atoms with Gasteiger partial charge in [0.15, 0.2) is 0 Å². The van der Waals surface area contributed by atoms with Gasteiger partial charge in [0.1, 0.15) is 0 Å². The predicted octanol–water partition coefficient (Wildman–Crippen LogP) is 3.15. The van der Waals surface area contributed by atoms with Crippen LogP contribution in [0.25, 0.3) is 0 Å². The number of hydrogen-bond acceptors (Lipinski definition) is 3. The summed E-state index contributed by atoms with van der Waals surface area (Å²) in [5.41, 5.74) is 1.45. The standard InChI is InChI=1S/C13H16ClNO2/c1-2-5-16-6-7-17-10-12-4-3-11(9-15)8-13(12)14/h3-4,8H,2,5-7,10H2,1H3. The molecule has 1 aromatic carbocycles. The van der Waals surface area contributed by atoms with E-state index in [1.807, 2.05) is 12.1 Å². The minimum Gasteiger partial charge on any atom is -0.379 e. The molecule has 0 spiro atoms. The molecule has 4 heteroatoms. The van der Waals surface area contributed by atoms with Crippen molar-refractivity contribution in [2.75, 3.05) is 19.8 Å². The van der Waals surface area contributed by atoms with Crippen molar-refractivity contribution in [2.45, 2.75) is 20.0 Å². The van der Waals surface area contributed by atoms with Crippen LogP contribution < -0.4 is 0 Å². The molecule has 0 amide bonds. The Morgan fingerprint density at radius 3 is 2.65 bits per heavy atom. The van der Waals surface area contributed by atoms with Gasteiger partial charge in [-0.15, -0.1) is 0 Å². The van der Waals surface area contributed by atoms with E-state index in [1.165, 1.54) is 0 Å². The number of benzene rings is 1. The van der Waals surface area contributed by atoms with Gasteiger partial charge in [-0.05, 0) is 24.1 Å². The van der Waals surface area contributed by atoms with Crippen LogP contribution in [0.1, 0.15) is 24.5 Å². The summed E-state index contributed by atoms with van der Waals surface area (Å²) in [6.45, 7) is 4.43. The molecule has 0 bridgehead atoms. The molecule has 1 rings (SSSR count). The van der Waals surface area contributed by atoms with E-state index in [2.05, 4.69) is 6.92 Å². The minimum atomic E-state index is 0.444. The summed E-state index contributed by atoms with van der Waals surface area (Å²) in [5.74, 6) is 0. The molecule has 0 heterocycles. The molecule has 17 heavy (non-hydrogen) atoms. The van der Waals surface area contributed by atoms with Crippen molar-refractivity contribution in [2.24, 2.45) is 0 Å². The molecular formula is C13H16ClNO2. The molecular weight excluding hydrogens is 238 g/mol. The van der Waals surface area contributed by atoms with Crippen LogP contribution in [0.15, 0.2) is 18.2 Å². The molecule has 0 N–H and O–H groups in total. The summed E-state index contributed by atoms with van der Waals surface area (Å²) in [4.78, 5) is 0. The Bertz CT molecular complexity index is 387. The lowest BCUT2D eigenvalue weighted by Crippen LogP contribution is -2.05. The van der Waals surface area contributed by atoms with Gasteiger partial charge in [0.05, 0.1) is 31.5 Å². The van der Waals surface area contributed by atoms with Crippen LogP contribution in [0.3, 0.4) is 0 Å². The monoisotopic (exact) mass is 253 g/mol. The molecule has 3 nitrogen and oxygen atoms in total. The minimum absolute atomic E-state index is 0.444. The van der Waals surface area contributed by atoms with Gasteiger partial charge in [0, 0.05) is 11.6 Å². The van der Waals surface area contributed by atoms with Crippen LogP contribution in [0.4, 0.5) is 0 Å². The van der Waals surface area contributed by atoms with Crippen LogP contribution in [-0.4, -0.2) is 19.8 Å². The zero-order valence-electron chi connectivity index (χ0n) is 9.91. The lowest BCUT2D eigenvalue weighted by molar-refractivity contribution is 0.0408. The Balaban J connectivity index is 2.30. The molecule has 0 aliphatic rings. The highest BCUT2D eigenvalue weighted by atomic mass is 35.5. The second kappa shape index (κ2) is 8.08. The van der Waals surface area contributed by atoms with Gasteiger partial charge in [-0.25, -0.2) is 0 Å². The van der Waals surface area contributed by atoms with Crippen molar-refractivity contribution in [1.29, 1.82) is 5.26 Å². The van der Waals surface area contributed by atoms with Crippen molar-refractivity contribution in [3.05, 3.63) is 34.3 Å². The van der Waals surface area contributed by atoms with E-state index in [9.17, 15) is 0 Å². The number of halogens is 1.